The van der Waals surface area contributed by atoms with Gasteiger partial charge in [-0.05, 0) is 35.7 Å². The number of aromatic nitrogens is 1. The Labute approximate surface area is 199 Å². The Morgan fingerprint density at radius 2 is 1.68 bits per heavy atom. The number of nitrogens with zero attached hydrogens (tertiary/aromatic N) is 4. The lowest BCUT2D eigenvalue weighted by molar-refractivity contribution is -0.384. The summed E-state index contributed by atoms with van der Waals surface area (Å²) >= 11 is 0. The number of aryl methyl sites for hydroxylation is 2. The highest BCUT2D eigenvalue weighted by Crippen LogP contribution is 2.28. The Kier molecular flexibility index (Phi) is 7.09. The van der Waals surface area contributed by atoms with Crippen LogP contribution in [-0.2, 0) is 20.1 Å². The van der Waals surface area contributed by atoms with Crippen molar-refractivity contribution in [3.8, 4) is 16.9 Å². The number of piperazine rings is 1. The largest absolute Gasteiger partial charge is 0.496 e. The summed E-state index contributed by atoms with van der Waals surface area (Å²) in [7, 11) is 3.45. The number of hydrogen-bond donors (Lipinski definition) is 0. The lowest BCUT2D eigenvalue weighted by Crippen LogP contribution is -2.45. The van der Waals surface area contributed by atoms with E-state index in [1.54, 1.807) is 30.9 Å². The standard InChI is InChI=1S/C26H30N4O4/c1-19-13-23(17-27(2)26(19)31)21-7-8-22(25(15-21)34-3)18-29-11-9-28(10-12-29)16-20-5-4-6-24(14-20)30(32)33/h4-8,13-15,17H,9-12,16,18H2,1-3H3. The molecule has 1 saturated heterocycles. The van der Waals surface area contributed by atoms with Crippen molar-refractivity contribution in [2.45, 2.75) is 20.0 Å². The molecule has 1 aromatic heterocycles. The maximum atomic E-state index is 12.0. The summed E-state index contributed by atoms with van der Waals surface area (Å²) in [5.41, 5.74) is 4.95. The van der Waals surface area contributed by atoms with Crippen LogP contribution in [0.4, 0.5) is 5.69 Å². The van der Waals surface area contributed by atoms with Gasteiger partial charge in [-0.2, -0.15) is 0 Å². The number of methoxy groups -OCH3 is 1. The number of ether oxygens (including phenoxy) is 1. The molecule has 1 aliphatic rings. The molecule has 1 aliphatic heterocycles. The smallest absolute Gasteiger partial charge is 0.269 e. The van der Waals surface area contributed by atoms with E-state index in [0.29, 0.717) is 12.1 Å². The molecule has 2 heterocycles. The normalized spacial score (nSPS) is 14.8. The molecular weight excluding hydrogens is 432 g/mol. The number of pyridine rings is 1. The molecule has 1 fully saturated rings. The van der Waals surface area contributed by atoms with Crippen molar-refractivity contribution in [3.05, 3.63) is 91.9 Å². The molecule has 0 saturated carbocycles. The van der Waals surface area contributed by atoms with E-state index in [-0.39, 0.29) is 16.2 Å². The predicted octanol–water partition coefficient (Wildman–Crippen LogP) is 3.60. The van der Waals surface area contributed by atoms with Gasteiger partial charge in [-0.25, -0.2) is 0 Å². The Morgan fingerprint density at radius 1 is 0.971 bits per heavy atom. The molecule has 0 atom stereocenters. The molecule has 0 amide bonds. The van der Waals surface area contributed by atoms with Gasteiger partial charge in [0.1, 0.15) is 5.75 Å². The van der Waals surface area contributed by atoms with Crippen LogP contribution in [0.25, 0.3) is 11.1 Å². The summed E-state index contributed by atoms with van der Waals surface area (Å²) in [6, 6.07) is 15.0. The van der Waals surface area contributed by atoms with Gasteiger partial charge in [0, 0.05) is 75.8 Å². The second-order valence-corrected chi connectivity index (χ2v) is 8.83. The fourth-order valence-corrected chi connectivity index (χ4v) is 4.46. The third-order valence-corrected chi connectivity index (χ3v) is 6.37. The maximum Gasteiger partial charge on any atom is 0.269 e. The molecular formula is C26H30N4O4. The lowest BCUT2D eigenvalue weighted by Gasteiger charge is -2.35. The molecule has 0 aliphatic carbocycles. The SMILES string of the molecule is COc1cc(-c2cc(C)c(=O)n(C)c2)ccc1CN1CCN(Cc2cccc([N+](=O)[O-])c2)CC1. The molecule has 0 radical (unpaired) electrons. The average molecular weight is 463 g/mol. The van der Waals surface area contributed by atoms with Crippen LogP contribution >= 0.6 is 0 Å². The summed E-state index contributed by atoms with van der Waals surface area (Å²) in [6.07, 6.45) is 1.85. The summed E-state index contributed by atoms with van der Waals surface area (Å²) in [6.45, 7) is 6.98. The van der Waals surface area contributed by atoms with Gasteiger partial charge in [0.2, 0.25) is 0 Å². The fourth-order valence-electron chi connectivity index (χ4n) is 4.46. The predicted molar refractivity (Wildman–Crippen MR) is 132 cm³/mol. The van der Waals surface area contributed by atoms with E-state index in [0.717, 1.165) is 60.7 Å². The van der Waals surface area contributed by atoms with Gasteiger partial charge in [0.15, 0.2) is 0 Å². The Hall–Kier alpha value is -3.49. The maximum absolute atomic E-state index is 12.0. The molecule has 8 heteroatoms. The minimum absolute atomic E-state index is 0.0111. The minimum Gasteiger partial charge on any atom is -0.496 e. The molecule has 0 spiro atoms. The van der Waals surface area contributed by atoms with Crippen molar-refractivity contribution >= 4 is 5.69 Å². The number of rotatable bonds is 7. The van der Waals surface area contributed by atoms with Crippen LogP contribution in [0.1, 0.15) is 16.7 Å². The Morgan fingerprint density at radius 3 is 2.32 bits per heavy atom. The summed E-state index contributed by atoms with van der Waals surface area (Å²) in [5, 5.41) is 11.0. The number of hydrogen-bond acceptors (Lipinski definition) is 6. The second kappa shape index (κ2) is 10.2. The van der Waals surface area contributed by atoms with Crippen molar-refractivity contribution < 1.29 is 9.66 Å². The van der Waals surface area contributed by atoms with E-state index >= 15 is 0 Å². The highest BCUT2D eigenvalue weighted by Gasteiger charge is 2.19. The highest BCUT2D eigenvalue weighted by molar-refractivity contribution is 5.66. The van der Waals surface area contributed by atoms with Crippen molar-refractivity contribution in [1.29, 1.82) is 0 Å². The first-order valence-electron chi connectivity index (χ1n) is 11.4. The van der Waals surface area contributed by atoms with Crippen LogP contribution < -0.4 is 10.3 Å². The highest BCUT2D eigenvalue weighted by atomic mass is 16.6. The summed E-state index contributed by atoms with van der Waals surface area (Å²) < 4.78 is 7.31. The van der Waals surface area contributed by atoms with Crippen molar-refractivity contribution in [2.75, 3.05) is 33.3 Å². The van der Waals surface area contributed by atoms with Crippen LogP contribution in [0.3, 0.4) is 0 Å². The van der Waals surface area contributed by atoms with Crippen molar-refractivity contribution in [1.82, 2.24) is 14.4 Å². The molecule has 3 aromatic rings. The van der Waals surface area contributed by atoms with Gasteiger partial charge in [0.25, 0.3) is 11.2 Å². The third kappa shape index (κ3) is 5.35. The van der Waals surface area contributed by atoms with E-state index in [4.69, 9.17) is 4.74 Å². The minimum atomic E-state index is -0.347. The van der Waals surface area contributed by atoms with Crippen LogP contribution in [-0.4, -0.2) is 52.6 Å². The quantitative estimate of drug-likeness (QED) is 0.394. The van der Waals surface area contributed by atoms with Gasteiger partial charge < -0.3 is 9.30 Å². The van der Waals surface area contributed by atoms with Gasteiger partial charge in [-0.1, -0.05) is 24.3 Å². The summed E-state index contributed by atoms with van der Waals surface area (Å²) in [4.78, 5) is 27.4. The first-order valence-corrected chi connectivity index (χ1v) is 11.4. The Bertz CT molecular complexity index is 1220. The number of nitro benzene ring substituents is 1. The van der Waals surface area contributed by atoms with Gasteiger partial charge >= 0.3 is 0 Å². The Balaban J connectivity index is 1.39. The molecule has 0 N–H and O–H groups in total. The molecule has 178 valence electrons. The zero-order valence-electron chi connectivity index (χ0n) is 19.9. The van der Waals surface area contributed by atoms with Crippen LogP contribution in [0, 0.1) is 17.0 Å². The molecule has 0 unspecified atom stereocenters. The molecule has 0 bridgehead atoms. The molecule has 2 aromatic carbocycles. The first-order chi connectivity index (χ1) is 16.3. The molecule has 8 nitrogen and oxygen atoms in total. The van der Waals surface area contributed by atoms with Gasteiger partial charge in [-0.15, -0.1) is 0 Å². The number of nitro groups is 1. The number of non-ortho nitro benzene ring substituents is 1. The zero-order chi connectivity index (χ0) is 24.2. The monoisotopic (exact) mass is 462 g/mol. The second-order valence-electron chi connectivity index (χ2n) is 8.83. The topological polar surface area (TPSA) is 80.8 Å². The van der Waals surface area contributed by atoms with E-state index < -0.39 is 0 Å². The molecule has 34 heavy (non-hydrogen) atoms. The van der Waals surface area contributed by atoms with Gasteiger partial charge in [-0.3, -0.25) is 24.7 Å². The zero-order valence-corrected chi connectivity index (χ0v) is 19.9. The molecule has 4 rings (SSSR count). The lowest BCUT2D eigenvalue weighted by atomic mass is 10.0. The van der Waals surface area contributed by atoms with E-state index in [1.165, 1.54) is 6.07 Å². The van der Waals surface area contributed by atoms with E-state index in [1.807, 2.05) is 31.3 Å². The average Bonchev–Trinajstić information content (AvgIpc) is 2.84. The fraction of sp³-hybridized carbons (Fsp3) is 0.346. The van der Waals surface area contributed by atoms with Crippen LogP contribution in [0.15, 0.2) is 59.5 Å². The van der Waals surface area contributed by atoms with E-state index in [2.05, 4.69) is 21.9 Å². The number of benzene rings is 2. The summed E-state index contributed by atoms with van der Waals surface area (Å²) in [5.74, 6) is 0.836. The van der Waals surface area contributed by atoms with Gasteiger partial charge in [0.05, 0.1) is 12.0 Å². The van der Waals surface area contributed by atoms with Crippen molar-refractivity contribution in [3.63, 3.8) is 0 Å². The van der Waals surface area contributed by atoms with Crippen LogP contribution in [0.2, 0.25) is 0 Å². The van der Waals surface area contributed by atoms with Crippen LogP contribution in [0.5, 0.6) is 5.75 Å². The first kappa shape index (κ1) is 23.7. The van der Waals surface area contributed by atoms with Crippen molar-refractivity contribution in [2.24, 2.45) is 7.05 Å². The third-order valence-electron chi connectivity index (χ3n) is 6.37. The van der Waals surface area contributed by atoms with E-state index in [9.17, 15) is 14.9 Å².